The maximum Gasteiger partial charge on any atom is 0.256 e. The molecule has 1 N–H and O–H groups in total. The Labute approximate surface area is 163 Å². The first-order valence-electron chi connectivity index (χ1n) is 8.92. The number of carbonyl (C=O) groups is 1. The third-order valence-electron chi connectivity index (χ3n) is 5.28. The van der Waals surface area contributed by atoms with Gasteiger partial charge in [0.15, 0.2) is 0 Å². The molecule has 3 aromatic rings. The van der Waals surface area contributed by atoms with Crippen LogP contribution in [-0.4, -0.2) is 29.4 Å². The van der Waals surface area contributed by atoms with Gasteiger partial charge in [0.1, 0.15) is 17.5 Å². The van der Waals surface area contributed by atoms with Crippen molar-refractivity contribution < 1.29 is 22.7 Å². The molecule has 0 radical (unpaired) electrons. The Hall–Kier alpha value is -3.13. The number of amides is 1. The second-order valence-corrected chi connectivity index (χ2v) is 7.05. The second kappa shape index (κ2) is 7.04. The zero-order valence-corrected chi connectivity index (χ0v) is 15.7. The van der Waals surface area contributed by atoms with Crippen LogP contribution in [0.4, 0.5) is 13.2 Å². The molecule has 0 saturated heterocycles. The number of ether oxygens (including phenoxy) is 1. The molecule has 0 aliphatic carbocycles. The number of likely N-dealkylation sites (N-methyl/N-ethyl adjacent to an activating group) is 1. The first-order valence-corrected chi connectivity index (χ1v) is 8.92. The second-order valence-electron chi connectivity index (χ2n) is 7.05. The van der Waals surface area contributed by atoms with Gasteiger partial charge in [0.05, 0.1) is 24.6 Å². The highest BCUT2D eigenvalue weighted by Gasteiger charge is 2.31. The summed E-state index contributed by atoms with van der Waals surface area (Å²) in [5.74, 6) is -2.79. The third-order valence-corrected chi connectivity index (χ3v) is 5.28. The van der Waals surface area contributed by atoms with Crippen LogP contribution in [0.25, 0.3) is 10.8 Å². The number of H-pyrrole nitrogens is 1. The predicted molar refractivity (Wildman–Crippen MR) is 100 cm³/mol. The summed E-state index contributed by atoms with van der Waals surface area (Å²) in [6.45, 7) is 1.53. The van der Waals surface area contributed by atoms with Crippen LogP contribution in [-0.2, 0) is 11.3 Å². The van der Waals surface area contributed by atoms with Gasteiger partial charge in [0.2, 0.25) is 0 Å². The molecular formula is C21H17F3N2O3. The van der Waals surface area contributed by atoms with Crippen molar-refractivity contribution in [2.24, 2.45) is 0 Å². The summed E-state index contributed by atoms with van der Waals surface area (Å²) in [7, 11) is 1.49. The smallest absolute Gasteiger partial charge is 0.256 e. The number of hydrogen-bond donors (Lipinski definition) is 1. The van der Waals surface area contributed by atoms with Crippen molar-refractivity contribution in [1.29, 1.82) is 0 Å². The lowest BCUT2D eigenvalue weighted by atomic mass is 9.95. The highest BCUT2D eigenvalue weighted by molar-refractivity contribution is 5.95. The number of pyridine rings is 1. The van der Waals surface area contributed by atoms with E-state index in [0.717, 1.165) is 18.2 Å². The number of aromatic nitrogens is 1. The molecule has 8 heteroatoms. The zero-order chi connectivity index (χ0) is 20.9. The van der Waals surface area contributed by atoms with Gasteiger partial charge < -0.3 is 14.6 Å². The molecule has 5 nitrogen and oxygen atoms in total. The number of hydrogen-bond acceptors (Lipinski definition) is 3. The predicted octanol–water partition coefficient (Wildman–Crippen LogP) is 3.60. The lowest BCUT2D eigenvalue weighted by Crippen LogP contribution is -2.37. The van der Waals surface area contributed by atoms with Crippen molar-refractivity contribution in [2.45, 2.75) is 19.6 Å². The van der Waals surface area contributed by atoms with E-state index >= 15 is 0 Å². The van der Waals surface area contributed by atoms with Crippen molar-refractivity contribution in [3.63, 3.8) is 0 Å². The molecule has 0 saturated carbocycles. The lowest BCUT2D eigenvalue weighted by Gasteiger charge is -2.34. The van der Waals surface area contributed by atoms with E-state index in [2.05, 4.69) is 4.98 Å². The number of halogens is 3. The molecule has 1 atom stereocenters. The minimum Gasteiger partial charge on any atom is -0.373 e. The Morgan fingerprint density at radius 3 is 2.52 bits per heavy atom. The molecule has 4 rings (SSSR count). The van der Waals surface area contributed by atoms with Gasteiger partial charge in [0, 0.05) is 29.4 Å². The fourth-order valence-corrected chi connectivity index (χ4v) is 3.64. The quantitative estimate of drug-likeness (QED) is 0.713. The van der Waals surface area contributed by atoms with Crippen LogP contribution in [0.15, 0.2) is 35.1 Å². The van der Waals surface area contributed by atoms with Gasteiger partial charge in [-0.15, -0.1) is 0 Å². The number of nitrogens with one attached hydrogen (secondary N) is 1. The molecule has 0 spiro atoms. The van der Waals surface area contributed by atoms with E-state index in [9.17, 15) is 22.8 Å². The molecule has 0 bridgehead atoms. The van der Waals surface area contributed by atoms with Gasteiger partial charge >= 0.3 is 0 Å². The summed E-state index contributed by atoms with van der Waals surface area (Å²) in [5.41, 5.74) is 0.335. The first kappa shape index (κ1) is 19.2. The normalized spacial score (nSPS) is 16.0. The van der Waals surface area contributed by atoms with E-state index in [-0.39, 0.29) is 29.7 Å². The Kier molecular flexibility index (Phi) is 4.66. The summed E-state index contributed by atoms with van der Waals surface area (Å²) in [6, 6.07) is 5.20. The molecule has 2 heterocycles. The van der Waals surface area contributed by atoms with E-state index in [0.29, 0.717) is 16.6 Å². The van der Waals surface area contributed by atoms with Crippen LogP contribution < -0.4 is 5.56 Å². The SMILES string of the molecule is Cc1c(F)cc(C(=O)N(C)C2COCc3[nH]c(=O)c4cc(F)ccc4c32)cc1F. The van der Waals surface area contributed by atoms with Crippen molar-refractivity contribution in [1.82, 2.24) is 9.88 Å². The van der Waals surface area contributed by atoms with Gasteiger partial charge in [-0.3, -0.25) is 9.59 Å². The molecular weight excluding hydrogens is 385 g/mol. The largest absolute Gasteiger partial charge is 0.373 e. The monoisotopic (exact) mass is 402 g/mol. The van der Waals surface area contributed by atoms with Crippen molar-refractivity contribution in [3.05, 3.63) is 80.5 Å². The van der Waals surface area contributed by atoms with Crippen LogP contribution in [0.3, 0.4) is 0 Å². The molecule has 1 aliphatic heterocycles. The minimum atomic E-state index is -0.813. The number of fused-ring (bicyclic) bond motifs is 3. The van der Waals surface area contributed by atoms with Crippen LogP contribution >= 0.6 is 0 Å². The molecule has 1 aromatic heterocycles. The highest BCUT2D eigenvalue weighted by atomic mass is 19.1. The Morgan fingerprint density at radius 1 is 1.14 bits per heavy atom. The molecule has 1 amide bonds. The third kappa shape index (κ3) is 3.19. The topological polar surface area (TPSA) is 62.4 Å². The Bertz CT molecular complexity index is 1180. The summed E-state index contributed by atoms with van der Waals surface area (Å²) in [5, 5.41) is 0.656. The molecule has 1 unspecified atom stereocenters. The van der Waals surface area contributed by atoms with E-state index < -0.39 is 35.0 Å². The van der Waals surface area contributed by atoms with Gasteiger partial charge in [-0.2, -0.15) is 0 Å². The standard InChI is InChI=1S/C21H17F3N2O3/c1-10-15(23)5-11(6-16(10)24)21(28)26(2)18-9-29-8-17-19(18)13-4-3-12(22)7-14(13)20(27)25-17/h3-7,18H,8-9H2,1-2H3,(H,25,27). The molecule has 29 heavy (non-hydrogen) atoms. The average molecular weight is 402 g/mol. The maximum atomic E-state index is 13.9. The summed E-state index contributed by atoms with van der Waals surface area (Å²) >= 11 is 0. The number of carbonyl (C=O) groups excluding carboxylic acids is 1. The maximum absolute atomic E-state index is 13.9. The zero-order valence-electron chi connectivity index (χ0n) is 15.7. The highest BCUT2D eigenvalue weighted by Crippen LogP contribution is 2.33. The van der Waals surface area contributed by atoms with Crippen LogP contribution in [0, 0.1) is 24.4 Å². The van der Waals surface area contributed by atoms with Gasteiger partial charge in [-0.25, -0.2) is 13.2 Å². The van der Waals surface area contributed by atoms with E-state index in [4.69, 9.17) is 4.74 Å². The van der Waals surface area contributed by atoms with Crippen molar-refractivity contribution in [2.75, 3.05) is 13.7 Å². The van der Waals surface area contributed by atoms with Gasteiger partial charge in [0.25, 0.3) is 11.5 Å². The molecule has 150 valence electrons. The van der Waals surface area contributed by atoms with E-state index in [1.165, 1.54) is 31.0 Å². The number of nitrogens with zero attached hydrogens (tertiary/aromatic N) is 1. The summed E-state index contributed by atoms with van der Waals surface area (Å²) in [4.78, 5) is 29.2. The van der Waals surface area contributed by atoms with Gasteiger partial charge in [-0.05, 0) is 36.6 Å². The minimum absolute atomic E-state index is 0.116. The van der Waals surface area contributed by atoms with Crippen molar-refractivity contribution >= 4 is 16.7 Å². The summed E-state index contributed by atoms with van der Waals surface area (Å²) < 4.78 is 47.0. The average Bonchev–Trinajstić information content (AvgIpc) is 2.70. The fraction of sp³-hybridized carbons (Fsp3) is 0.238. The van der Waals surface area contributed by atoms with Gasteiger partial charge in [-0.1, -0.05) is 6.07 Å². The van der Waals surface area contributed by atoms with Crippen LogP contribution in [0.2, 0.25) is 0 Å². The lowest BCUT2D eigenvalue weighted by molar-refractivity contribution is 0.0335. The molecule has 2 aromatic carbocycles. The Balaban J connectivity index is 1.82. The van der Waals surface area contributed by atoms with E-state index in [1.807, 2.05) is 0 Å². The molecule has 1 aliphatic rings. The first-order chi connectivity index (χ1) is 13.8. The fourth-order valence-electron chi connectivity index (χ4n) is 3.64. The summed E-state index contributed by atoms with van der Waals surface area (Å²) in [6.07, 6.45) is 0. The van der Waals surface area contributed by atoms with Crippen molar-refractivity contribution in [3.8, 4) is 0 Å². The van der Waals surface area contributed by atoms with Crippen LogP contribution in [0.5, 0.6) is 0 Å². The number of aromatic amines is 1. The number of rotatable bonds is 2. The Morgan fingerprint density at radius 2 is 1.83 bits per heavy atom. The van der Waals surface area contributed by atoms with E-state index in [1.54, 1.807) is 0 Å². The molecule has 0 fully saturated rings. The van der Waals surface area contributed by atoms with Crippen LogP contribution in [0.1, 0.15) is 33.2 Å². The number of benzene rings is 2.